The van der Waals surface area contributed by atoms with Crippen molar-refractivity contribution >= 4 is 22.6 Å². The van der Waals surface area contributed by atoms with Crippen LogP contribution in [0.15, 0.2) is 29.3 Å². The summed E-state index contributed by atoms with van der Waals surface area (Å²) in [6, 6.07) is 4.27. The minimum atomic E-state index is 0.0418. The number of hydrogen-bond donors (Lipinski definition) is 0. The van der Waals surface area contributed by atoms with E-state index >= 15 is 0 Å². The van der Waals surface area contributed by atoms with Crippen LogP contribution in [0.4, 0.5) is 0 Å². The van der Waals surface area contributed by atoms with Gasteiger partial charge in [0.05, 0.1) is 18.3 Å². The molecule has 0 aliphatic heterocycles. The van der Waals surface area contributed by atoms with Crippen molar-refractivity contribution in [2.75, 3.05) is 0 Å². The average Bonchev–Trinajstić information content (AvgIpc) is 2.94. The minimum Gasteiger partial charge on any atom is -0.308 e. The summed E-state index contributed by atoms with van der Waals surface area (Å²) >= 11 is 2.26. The van der Waals surface area contributed by atoms with Gasteiger partial charge in [-0.1, -0.05) is 19.3 Å². The van der Waals surface area contributed by atoms with E-state index in [1.165, 1.54) is 32.1 Å². The maximum atomic E-state index is 12.0. The molecule has 21 heavy (non-hydrogen) atoms. The van der Waals surface area contributed by atoms with Gasteiger partial charge in [0.25, 0.3) is 5.56 Å². The molecule has 1 fully saturated rings. The number of aromatic nitrogens is 3. The number of halogens is 1. The van der Waals surface area contributed by atoms with Crippen LogP contribution in [0.1, 0.15) is 49.4 Å². The Hall–Kier alpha value is -1.11. The molecule has 0 amide bonds. The molecule has 5 heteroatoms. The highest BCUT2D eigenvalue weighted by molar-refractivity contribution is 14.1. The van der Waals surface area contributed by atoms with Crippen LogP contribution in [0.2, 0.25) is 0 Å². The van der Waals surface area contributed by atoms with Crippen LogP contribution in [0.3, 0.4) is 0 Å². The summed E-state index contributed by atoms with van der Waals surface area (Å²) in [5.41, 5.74) is 2.03. The van der Waals surface area contributed by atoms with E-state index in [2.05, 4.69) is 38.6 Å². The van der Waals surface area contributed by atoms with Gasteiger partial charge < -0.3 is 4.57 Å². The van der Waals surface area contributed by atoms with Crippen LogP contribution in [0, 0.1) is 10.5 Å². The SMILES string of the molecule is Cc1cc(=O)n(Cc2ccn(C3CCCCC3)n2)cc1I. The van der Waals surface area contributed by atoms with Crippen LogP contribution in [0.5, 0.6) is 0 Å². The van der Waals surface area contributed by atoms with Gasteiger partial charge in [0, 0.05) is 22.0 Å². The van der Waals surface area contributed by atoms with Crippen molar-refractivity contribution in [1.29, 1.82) is 0 Å². The normalized spacial score (nSPS) is 16.3. The maximum absolute atomic E-state index is 12.0. The topological polar surface area (TPSA) is 39.8 Å². The molecule has 0 bridgehead atoms. The van der Waals surface area contributed by atoms with Crippen molar-refractivity contribution in [3.05, 3.63) is 49.7 Å². The van der Waals surface area contributed by atoms with E-state index in [-0.39, 0.29) is 5.56 Å². The van der Waals surface area contributed by atoms with E-state index < -0.39 is 0 Å². The molecule has 2 heterocycles. The highest BCUT2D eigenvalue weighted by Gasteiger charge is 2.16. The summed E-state index contributed by atoms with van der Waals surface area (Å²) in [5.74, 6) is 0. The zero-order chi connectivity index (χ0) is 14.8. The van der Waals surface area contributed by atoms with Crippen molar-refractivity contribution in [3.63, 3.8) is 0 Å². The van der Waals surface area contributed by atoms with Gasteiger partial charge in [-0.3, -0.25) is 9.48 Å². The second-order valence-corrected chi connectivity index (χ2v) is 7.01. The largest absolute Gasteiger partial charge is 0.308 e. The highest BCUT2D eigenvalue weighted by atomic mass is 127. The molecule has 112 valence electrons. The molecule has 1 saturated carbocycles. The third-order valence-corrected chi connectivity index (χ3v) is 5.34. The summed E-state index contributed by atoms with van der Waals surface area (Å²) in [6.07, 6.45) is 10.4. The molecule has 2 aromatic heterocycles. The molecule has 1 aliphatic carbocycles. The van der Waals surface area contributed by atoms with E-state index in [1.54, 1.807) is 10.6 Å². The lowest BCUT2D eigenvalue weighted by atomic mass is 9.96. The third-order valence-electron chi connectivity index (χ3n) is 4.21. The Morgan fingerprint density at radius 3 is 2.86 bits per heavy atom. The van der Waals surface area contributed by atoms with Crippen LogP contribution in [0.25, 0.3) is 0 Å². The molecule has 0 unspecified atom stereocenters. The summed E-state index contributed by atoms with van der Waals surface area (Å²) in [4.78, 5) is 12.0. The highest BCUT2D eigenvalue weighted by Crippen LogP contribution is 2.27. The van der Waals surface area contributed by atoms with Crippen molar-refractivity contribution in [2.45, 2.75) is 51.6 Å². The van der Waals surface area contributed by atoms with E-state index in [9.17, 15) is 4.79 Å². The predicted octanol–water partition coefficient (Wildman–Crippen LogP) is 3.51. The molecular weight excluding hydrogens is 377 g/mol. The fourth-order valence-corrected chi connectivity index (χ4v) is 3.44. The molecule has 0 radical (unpaired) electrons. The Balaban J connectivity index is 1.78. The second kappa shape index (κ2) is 6.34. The van der Waals surface area contributed by atoms with Crippen molar-refractivity contribution < 1.29 is 0 Å². The quantitative estimate of drug-likeness (QED) is 0.744. The van der Waals surface area contributed by atoms with Gasteiger partial charge in [0.15, 0.2) is 0 Å². The number of rotatable bonds is 3. The van der Waals surface area contributed by atoms with Crippen LogP contribution in [-0.2, 0) is 6.54 Å². The molecule has 1 aliphatic rings. The lowest BCUT2D eigenvalue weighted by molar-refractivity contribution is 0.328. The molecule has 4 nitrogen and oxygen atoms in total. The molecule has 0 spiro atoms. The van der Waals surface area contributed by atoms with Gasteiger partial charge in [-0.2, -0.15) is 5.10 Å². The van der Waals surface area contributed by atoms with Crippen LogP contribution >= 0.6 is 22.6 Å². The molecule has 0 aromatic carbocycles. The van der Waals surface area contributed by atoms with Gasteiger partial charge in [-0.05, 0) is 54.0 Å². The maximum Gasteiger partial charge on any atom is 0.251 e. The molecule has 0 N–H and O–H groups in total. The first-order chi connectivity index (χ1) is 10.1. The summed E-state index contributed by atoms with van der Waals surface area (Å²) < 4.78 is 4.94. The predicted molar refractivity (Wildman–Crippen MR) is 91.6 cm³/mol. The molecule has 2 aromatic rings. The van der Waals surface area contributed by atoms with Crippen LogP contribution in [-0.4, -0.2) is 14.3 Å². The third kappa shape index (κ3) is 3.39. The number of nitrogens with zero attached hydrogens (tertiary/aromatic N) is 3. The van der Waals surface area contributed by atoms with E-state index in [4.69, 9.17) is 0 Å². The van der Waals surface area contributed by atoms with Crippen LogP contribution < -0.4 is 5.56 Å². The first-order valence-electron chi connectivity index (χ1n) is 7.54. The Bertz CT molecular complexity index is 683. The summed E-state index contributed by atoms with van der Waals surface area (Å²) in [7, 11) is 0. The Morgan fingerprint density at radius 2 is 2.10 bits per heavy atom. The standard InChI is InChI=1S/C16H20IN3O/c1-12-9-16(21)19(11-15(12)17)10-13-7-8-20(18-13)14-5-3-2-4-6-14/h7-9,11,14H,2-6,10H2,1H3. The number of aryl methyl sites for hydroxylation is 1. The second-order valence-electron chi connectivity index (χ2n) is 5.85. The Morgan fingerprint density at radius 1 is 1.33 bits per heavy atom. The fourth-order valence-electron chi connectivity index (χ4n) is 2.95. The lowest BCUT2D eigenvalue weighted by Crippen LogP contribution is -2.21. The van der Waals surface area contributed by atoms with E-state index in [0.29, 0.717) is 12.6 Å². The van der Waals surface area contributed by atoms with E-state index in [0.717, 1.165) is 14.8 Å². The molecule has 0 atom stereocenters. The minimum absolute atomic E-state index is 0.0418. The molecule has 0 saturated heterocycles. The molecule has 3 rings (SSSR count). The fraction of sp³-hybridized carbons (Fsp3) is 0.500. The van der Waals surface area contributed by atoms with Gasteiger partial charge in [-0.15, -0.1) is 0 Å². The zero-order valence-corrected chi connectivity index (χ0v) is 14.4. The van der Waals surface area contributed by atoms with Gasteiger partial charge >= 0.3 is 0 Å². The summed E-state index contributed by atoms with van der Waals surface area (Å²) in [6.45, 7) is 2.51. The van der Waals surface area contributed by atoms with Gasteiger partial charge in [0.2, 0.25) is 0 Å². The summed E-state index contributed by atoms with van der Waals surface area (Å²) in [5, 5.41) is 4.68. The van der Waals surface area contributed by atoms with Crippen molar-refractivity contribution in [2.24, 2.45) is 0 Å². The zero-order valence-electron chi connectivity index (χ0n) is 12.3. The van der Waals surface area contributed by atoms with Gasteiger partial charge in [0.1, 0.15) is 0 Å². The first kappa shape index (κ1) is 14.8. The Kier molecular flexibility index (Phi) is 4.47. The van der Waals surface area contributed by atoms with Crippen molar-refractivity contribution in [3.8, 4) is 0 Å². The van der Waals surface area contributed by atoms with E-state index in [1.807, 2.05) is 19.2 Å². The van der Waals surface area contributed by atoms with Gasteiger partial charge in [-0.25, -0.2) is 0 Å². The smallest absolute Gasteiger partial charge is 0.251 e. The lowest BCUT2D eigenvalue weighted by Gasteiger charge is -2.21. The monoisotopic (exact) mass is 397 g/mol. The first-order valence-corrected chi connectivity index (χ1v) is 8.62. The number of hydrogen-bond acceptors (Lipinski definition) is 2. The molecular formula is C16H20IN3O. The average molecular weight is 397 g/mol. The Labute approximate surface area is 138 Å². The van der Waals surface area contributed by atoms with Crippen molar-refractivity contribution in [1.82, 2.24) is 14.3 Å². The number of pyridine rings is 1.